The Labute approximate surface area is 141 Å². The lowest BCUT2D eigenvalue weighted by atomic mass is 9.84. The highest BCUT2D eigenvalue weighted by Crippen LogP contribution is 2.28. The molecule has 2 aliphatic heterocycles. The molecule has 24 heavy (non-hydrogen) atoms. The second-order valence-electron chi connectivity index (χ2n) is 6.70. The largest absolute Gasteiger partial charge is 0.351 e. The van der Waals surface area contributed by atoms with Crippen LogP contribution in [0.1, 0.15) is 49.0 Å². The molecule has 0 aliphatic carbocycles. The summed E-state index contributed by atoms with van der Waals surface area (Å²) in [6, 6.07) is 5.37. The Morgan fingerprint density at radius 2 is 2.00 bits per heavy atom. The van der Waals surface area contributed by atoms with Gasteiger partial charge in [-0.15, -0.1) is 0 Å². The lowest BCUT2D eigenvalue weighted by molar-refractivity contribution is -0.121. The summed E-state index contributed by atoms with van der Waals surface area (Å²) in [5.41, 5.74) is 2.10. The van der Waals surface area contributed by atoms with Crippen LogP contribution in [0.5, 0.6) is 0 Å². The van der Waals surface area contributed by atoms with E-state index in [0.717, 1.165) is 30.5 Å². The third-order valence-corrected chi connectivity index (χ3v) is 5.10. The molecule has 0 spiro atoms. The van der Waals surface area contributed by atoms with E-state index >= 15 is 0 Å². The Bertz CT molecular complexity index is 691. The van der Waals surface area contributed by atoms with Gasteiger partial charge in [-0.05, 0) is 43.0 Å². The standard InChI is InChI=1S/C18H23N3O3/c1-3-18(20-12(2)22)6-8-21(9-7-18)17(24)13-4-5-15-14(10-13)11-16(23)19-15/h4-5,10H,3,6-9,11H2,1-2H3,(H,19,23)(H,20,22). The number of piperidine rings is 1. The molecule has 1 fully saturated rings. The van der Waals surface area contributed by atoms with Gasteiger partial charge in [0.2, 0.25) is 11.8 Å². The van der Waals surface area contributed by atoms with E-state index in [2.05, 4.69) is 17.6 Å². The Balaban J connectivity index is 1.68. The number of carbonyl (C=O) groups is 3. The third kappa shape index (κ3) is 3.13. The van der Waals surface area contributed by atoms with E-state index in [4.69, 9.17) is 0 Å². The molecular weight excluding hydrogens is 306 g/mol. The normalized spacial score (nSPS) is 18.8. The van der Waals surface area contributed by atoms with Gasteiger partial charge in [-0.2, -0.15) is 0 Å². The molecular formula is C18H23N3O3. The molecule has 1 saturated heterocycles. The van der Waals surface area contributed by atoms with Crippen molar-refractivity contribution in [1.82, 2.24) is 10.2 Å². The smallest absolute Gasteiger partial charge is 0.253 e. The first kappa shape index (κ1) is 16.5. The number of fused-ring (bicyclic) bond motifs is 1. The first-order valence-electron chi connectivity index (χ1n) is 8.43. The molecule has 1 aromatic carbocycles. The summed E-state index contributed by atoms with van der Waals surface area (Å²) in [6.45, 7) is 4.86. The van der Waals surface area contributed by atoms with Gasteiger partial charge >= 0.3 is 0 Å². The molecule has 3 amide bonds. The SMILES string of the molecule is CCC1(NC(C)=O)CCN(C(=O)c2ccc3c(c2)CC(=O)N3)CC1. The average Bonchev–Trinajstić information content (AvgIpc) is 2.93. The Kier molecular flexibility index (Phi) is 4.30. The number of amides is 3. The number of nitrogens with zero attached hydrogens (tertiary/aromatic N) is 1. The quantitative estimate of drug-likeness (QED) is 0.886. The molecule has 0 bridgehead atoms. The van der Waals surface area contributed by atoms with Crippen LogP contribution < -0.4 is 10.6 Å². The van der Waals surface area contributed by atoms with Gasteiger partial charge in [0.25, 0.3) is 5.91 Å². The number of nitrogens with one attached hydrogen (secondary N) is 2. The molecule has 128 valence electrons. The van der Waals surface area contributed by atoms with E-state index < -0.39 is 0 Å². The number of rotatable bonds is 3. The van der Waals surface area contributed by atoms with Gasteiger partial charge in [0.15, 0.2) is 0 Å². The number of anilines is 1. The lowest BCUT2D eigenvalue weighted by Crippen LogP contribution is -2.55. The average molecular weight is 329 g/mol. The number of likely N-dealkylation sites (tertiary alicyclic amines) is 1. The van der Waals surface area contributed by atoms with E-state index in [1.54, 1.807) is 12.1 Å². The van der Waals surface area contributed by atoms with Crippen LogP contribution in [-0.2, 0) is 16.0 Å². The van der Waals surface area contributed by atoms with E-state index in [1.165, 1.54) is 6.92 Å². The molecule has 2 aliphatic rings. The molecule has 3 rings (SSSR count). The molecule has 0 saturated carbocycles. The maximum atomic E-state index is 12.7. The first-order chi connectivity index (χ1) is 11.4. The molecule has 6 heteroatoms. The second kappa shape index (κ2) is 6.26. The van der Waals surface area contributed by atoms with Crippen LogP contribution in [-0.4, -0.2) is 41.2 Å². The molecule has 6 nitrogen and oxygen atoms in total. The van der Waals surface area contributed by atoms with E-state index in [0.29, 0.717) is 25.1 Å². The van der Waals surface area contributed by atoms with Gasteiger partial charge in [0.05, 0.1) is 6.42 Å². The summed E-state index contributed by atoms with van der Waals surface area (Å²) in [5, 5.41) is 5.84. The zero-order chi connectivity index (χ0) is 17.3. The number of carbonyl (C=O) groups excluding carboxylic acids is 3. The van der Waals surface area contributed by atoms with Gasteiger partial charge in [0, 0.05) is 36.8 Å². The van der Waals surface area contributed by atoms with E-state index in [1.807, 2.05) is 11.0 Å². The molecule has 0 unspecified atom stereocenters. The second-order valence-corrected chi connectivity index (χ2v) is 6.70. The molecule has 0 aromatic heterocycles. The highest BCUT2D eigenvalue weighted by Gasteiger charge is 2.35. The highest BCUT2D eigenvalue weighted by atomic mass is 16.2. The Hall–Kier alpha value is -2.37. The first-order valence-corrected chi connectivity index (χ1v) is 8.43. The summed E-state index contributed by atoms with van der Waals surface area (Å²) in [5.74, 6) is -0.0623. The van der Waals surface area contributed by atoms with Crippen LogP contribution in [0.3, 0.4) is 0 Å². The van der Waals surface area contributed by atoms with Crippen LogP contribution in [0.25, 0.3) is 0 Å². The van der Waals surface area contributed by atoms with Gasteiger partial charge in [-0.1, -0.05) is 6.92 Å². The fraction of sp³-hybridized carbons (Fsp3) is 0.500. The summed E-state index contributed by atoms with van der Waals surface area (Å²) in [7, 11) is 0. The highest BCUT2D eigenvalue weighted by molar-refractivity contribution is 6.01. The van der Waals surface area contributed by atoms with Crippen molar-refractivity contribution in [2.75, 3.05) is 18.4 Å². The minimum Gasteiger partial charge on any atom is -0.351 e. The maximum Gasteiger partial charge on any atom is 0.253 e. The van der Waals surface area contributed by atoms with Gasteiger partial charge in [-0.3, -0.25) is 14.4 Å². The Morgan fingerprint density at radius 3 is 2.62 bits per heavy atom. The van der Waals surface area contributed by atoms with E-state index in [9.17, 15) is 14.4 Å². The topological polar surface area (TPSA) is 78.5 Å². The van der Waals surface area contributed by atoms with Gasteiger partial charge in [-0.25, -0.2) is 0 Å². The van der Waals surface area contributed by atoms with Crippen LogP contribution >= 0.6 is 0 Å². The van der Waals surface area contributed by atoms with Crippen molar-refractivity contribution in [2.24, 2.45) is 0 Å². The van der Waals surface area contributed by atoms with Crippen molar-refractivity contribution in [3.63, 3.8) is 0 Å². The molecule has 1 aromatic rings. The summed E-state index contributed by atoms with van der Waals surface area (Å²) < 4.78 is 0. The van der Waals surface area contributed by atoms with Crippen LogP contribution in [0.4, 0.5) is 5.69 Å². The third-order valence-electron chi connectivity index (χ3n) is 5.10. The fourth-order valence-electron chi connectivity index (χ4n) is 3.62. The zero-order valence-corrected chi connectivity index (χ0v) is 14.1. The predicted molar refractivity (Wildman–Crippen MR) is 90.8 cm³/mol. The lowest BCUT2D eigenvalue weighted by Gasteiger charge is -2.41. The van der Waals surface area contributed by atoms with Crippen molar-refractivity contribution >= 4 is 23.4 Å². The van der Waals surface area contributed by atoms with E-state index in [-0.39, 0.29) is 23.3 Å². The monoisotopic (exact) mass is 329 g/mol. The zero-order valence-electron chi connectivity index (χ0n) is 14.1. The minimum absolute atomic E-state index is 0.00956. The molecule has 2 heterocycles. The van der Waals surface area contributed by atoms with Crippen molar-refractivity contribution in [2.45, 2.75) is 45.1 Å². The number of benzene rings is 1. The predicted octanol–water partition coefficient (Wildman–Crippen LogP) is 1.70. The molecule has 0 atom stereocenters. The van der Waals surface area contributed by atoms with Gasteiger partial charge in [0.1, 0.15) is 0 Å². The van der Waals surface area contributed by atoms with Crippen molar-refractivity contribution in [3.05, 3.63) is 29.3 Å². The molecule has 0 radical (unpaired) electrons. The Morgan fingerprint density at radius 1 is 1.29 bits per heavy atom. The van der Waals surface area contributed by atoms with Crippen LogP contribution in [0, 0.1) is 0 Å². The summed E-state index contributed by atoms with van der Waals surface area (Å²) in [6.07, 6.45) is 2.72. The summed E-state index contributed by atoms with van der Waals surface area (Å²) >= 11 is 0. The van der Waals surface area contributed by atoms with Gasteiger partial charge < -0.3 is 15.5 Å². The van der Waals surface area contributed by atoms with Crippen LogP contribution in [0.15, 0.2) is 18.2 Å². The maximum absolute atomic E-state index is 12.7. The van der Waals surface area contributed by atoms with Crippen molar-refractivity contribution in [3.8, 4) is 0 Å². The van der Waals surface area contributed by atoms with Crippen molar-refractivity contribution < 1.29 is 14.4 Å². The van der Waals surface area contributed by atoms with Crippen molar-refractivity contribution in [1.29, 1.82) is 0 Å². The number of hydrogen-bond donors (Lipinski definition) is 2. The minimum atomic E-state index is -0.198. The van der Waals surface area contributed by atoms with Crippen LogP contribution in [0.2, 0.25) is 0 Å². The number of hydrogen-bond acceptors (Lipinski definition) is 3. The fourth-order valence-corrected chi connectivity index (χ4v) is 3.62. The molecule has 2 N–H and O–H groups in total. The summed E-state index contributed by atoms with van der Waals surface area (Å²) in [4.78, 5) is 37.4.